The SMILES string of the molecule is CCCCCCCCCOC(=O)CCSCCCC(N)=NCCN(CCN=C(N)CCCSCCC(=O)OCCCCCCCCC)CCN=C(N)CCCSCCC(=O)OCCCCCCCCC. The molecule has 0 saturated heterocycles. The van der Waals surface area contributed by atoms with Gasteiger partial charge in [-0.1, -0.05) is 136 Å². The van der Waals surface area contributed by atoms with Crippen molar-refractivity contribution in [3.63, 3.8) is 0 Å². The molecule has 13 nitrogen and oxygen atoms in total. The van der Waals surface area contributed by atoms with Crippen LogP contribution < -0.4 is 17.2 Å². The van der Waals surface area contributed by atoms with Gasteiger partial charge in [-0.25, -0.2) is 0 Å². The monoisotopic (exact) mass is 1040 g/mol. The number of aliphatic imine (C=N–C) groups is 3. The zero-order valence-electron chi connectivity index (χ0n) is 45.0. The number of nitrogens with two attached hydrogens (primary N) is 3. The lowest BCUT2D eigenvalue weighted by Crippen LogP contribution is -2.33. The smallest absolute Gasteiger partial charge is 0.306 e. The second-order valence-electron chi connectivity index (χ2n) is 18.4. The molecule has 0 heterocycles. The number of thioether (sulfide) groups is 3. The molecule has 0 spiro atoms. The summed E-state index contributed by atoms with van der Waals surface area (Å²) in [5.41, 5.74) is 18.9. The van der Waals surface area contributed by atoms with Crippen LogP contribution >= 0.6 is 35.3 Å². The number of rotatable bonds is 54. The molecule has 0 aromatic rings. The Morgan fingerprint density at radius 1 is 0.357 bits per heavy atom. The Balaban J connectivity index is 4.62. The lowest BCUT2D eigenvalue weighted by atomic mass is 10.1. The third-order valence-electron chi connectivity index (χ3n) is 11.7. The standard InChI is InChI=1S/C54H105N7O6S3/c1-4-7-10-13-16-19-22-40-65-52(62)31-46-68-43-25-28-49(55)58-34-37-61(38-35-59-50(56)29-26-44-69-47-32-53(63)66-41-23-20-17-14-11-8-5-2)39-36-60-51(57)30-27-45-70-48-33-54(64)67-42-24-21-18-15-12-9-6-3/h4-48H2,1-3H3,(H2,55,58)(H2,56,59)(H2,57,60). The van der Waals surface area contributed by atoms with Crippen LogP contribution in [0.2, 0.25) is 0 Å². The number of amidine groups is 3. The molecule has 0 atom stereocenters. The summed E-state index contributed by atoms with van der Waals surface area (Å²) in [4.78, 5) is 52.6. The van der Waals surface area contributed by atoms with Crippen molar-refractivity contribution in [3.8, 4) is 0 Å². The fourth-order valence-corrected chi connectivity index (χ4v) is 9.96. The average molecular weight is 1040 g/mol. The Bertz CT molecular complexity index is 1160. The second kappa shape index (κ2) is 54.6. The van der Waals surface area contributed by atoms with Crippen LogP contribution in [-0.2, 0) is 28.6 Å². The van der Waals surface area contributed by atoms with Gasteiger partial charge in [0.1, 0.15) is 0 Å². The Kier molecular flexibility index (Phi) is 52.9. The van der Waals surface area contributed by atoms with E-state index in [0.717, 1.165) is 131 Å². The van der Waals surface area contributed by atoms with Crippen LogP contribution in [0.25, 0.3) is 0 Å². The number of unbranched alkanes of at least 4 members (excludes halogenated alkanes) is 18. The van der Waals surface area contributed by atoms with Crippen molar-refractivity contribution in [2.24, 2.45) is 32.2 Å². The third-order valence-corrected chi connectivity index (χ3v) is 15.0. The highest BCUT2D eigenvalue weighted by Gasteiger charge is 2.08. The predicted molar refractivity (Wildman–Crippen MR) is 306 cm³/mol. The Morgan fingerprint density at radius 3 is 0.886 bits per heavy atom. The maximum Gasteiger partial charge on any atom is 0.306 e. The largest absolute Gasteiger partial charge is 0.466 e. The summed E-state index contributed by atoms with van der Waals surface area (Å²) in [5.74, 6) is 6.69. The molecule has 0 aliphatic carbocycles. The van der Waals surface area contributed by atoms with Crippen LogP contribution in [0.4, 0.5) is 0 Å². The summed E-state index contributed by atoms with van der Waals surface area (Å²) in [6.45, 7) is 12.2. The first-order valence-electron chi connectivity index (χ1n) is 28.0. The van der Waals surface area contributed by atoms with E-state index in [2.05, 4.69) is 40.6 Å². The Labute approximate surface area is 441 Å². The topological polar surface area (TPSA) is 197 Å². The van der Waals surface area contributed by atoms with Crippen molar-refractivity contribution >= 4 is 70.7 Å². The molecule has 6 N–H and O–H groups in total. The minimum atomic E-state index is -0.101. The first kappa shape index (κ1) is 67.8. The number of hydrogen-bond donors (Lipinski definition) is 3. The van der Waals surface area contributed by atoms with Gasteiger partial charge in [0.25, 0.3) is 0 Å². The highest BCUT2D eigenvalue weighted by Crippen LogP contribution is 2.13. The highest BCUT2D eigenvalue weighted by molar-refractivity contribution is 7.99. The van der Waals surface area contributed by atoms with Gasteiger partial charge in [-0.3, -0.25) is 34.3 Å². The van der Waals surface area contributed by atoms with Gasteiger partial charge in [0.15, 0.2) is 0 Å². The summed E-state index contributed by atoms with van der Waals surface area (Å²) in [6.07, 6.45) is 31.6. The Morgan fingerprint density at radius 2 is 0.614 bits per heavy atom. The van der Waals surface area contributed by atoms with Crippen LogP contribution in [0.5, 0.6) is 0 Å². The van der Waals surface area contributed by atoms with E-state index in [1.54, 1.807) is 35.3 Å². The third kappa shape index (κ3) is 52.2. The number of nitrogens with zero attached hydrogens (tertiary/aromatic N) is 4. The summed E-state index contributed by atoms with van der Waals surface area (Å²) < 4.78 is 16.2. The first-order chi connectivity index (χ1) is 34.2. The van der Waals surface area contributed by atoms with Crippen LogP contribution in [0.15, 0.2) is 15.0 Å². The first-order valence-corrected chi connectivity index (χ1v) is 31.5. The van der Waals surface area contributed by atoms with Gasteiger partial charge < -0.3 is 31.4 Å². The lowest BCUT2D eigenvalue weighted by molar-refractivity contribution is -0.144. The molecule has 410 valence electrons. The average Bonchev–Trinajstić information content (AvgIpc) is 3.34. The van der Waals surface area contributed by atoms with Crippen molar-refractivity contribution in [3.05, 3.63) is 0 Å². The summed E-state index contributed by atoms with van der Waals surface area (Å²) in [6, 6.07) is 0. The van der Waals surface area contributed by atoms with Gasteiger partial charge in [-0.05, 0) is 55.8 Å². The minimum Gasteiger partial charge on any atom is -0.466 e. The molecule has 0 aromatic carbocycles. The molecule has 0 amide bonds. The lowest BCUT2D eigenvalue weighted by Gasteiger charge is -2.20. The van der Waals surface area contributed by atoms with E-state index >= 15 is 0 Å². The van der Waals surface area contributed by atoms with Gasteiger partial charge in [0, 0.05) is 56.2 Å². The van der Waals surface area contributed by atoms with E-state index < -0.39 is 0 Å². The van der Waals surface area contributed by atoms with E-state index in [9.17, 15) is 14.4 Å². The fourth-order valence-electron chi connectivity index (χ4n) is 7.37. The molecule has 0 bridgehead atoms. The van der Waals surface area contributed by atoms with Gasteiger partial charge in [-0.2, -0.15) is 35.3 Å². The van der Waals surface area contributed by atoms with Crippen LogP contribution in [0, 0.1) is 0 Å². The molecule has 0 rings (SSSR count). The number of esters is 3. The van der Waals surface area contributed by atoms with E-state index in [1.807, 2.05) is 0 Å². The molecule has 0 unspecified atom stereocenters. The normalized spacial score (nSPS) is 12.3. The highest BCUT2D eigenvalue weighted by atomic mass is 32.2. The molecule has 0 aliphatic rings. The molecule has 0 aromatic heterocycles. The Hall–Kier alpha value is -2.17. The molecule has 16 heteroatoms. The fraction of sp³-hybridized carbons (Fsp3) is 0.889. The molecule has 0 aliphatic heterocycles. The van der Waals surface area contributed by atoms with E-state index in [-0.39, 0.29) is 17.9 Å². The molecule has 0 radical (unpaired) electrons. The van der Waals surface area contributed by atoms with Gasteiger partial charge in [0.2, 0.25) is 0 Å². The predicted octanol–water partition coefficient (Wildman–Crippen LogP) is 12.0. The quantitative estimate of drug-likeness (QED) is 0.0171. The van der Waals surface area contributed by atoms with Crippen molar-refractivity contribution in [1.82, 2.24) is 4.90 Å². The van der Waals surface area contributed by atoms with E-state index in [4.69, 9.17) is 31.4 Å². The number of carbonyl (C=O) groups is 3. The van der Waals surface area contributed by atoms with Crippen LogP contribution in [0.3, 0.4) is 0 Å². The molecular weight excluding hydrogens is 939 g/mol. The molecule has 0 fully saturated rings. The van der Waals surface area contributed by atoms with Gasteiger partial charge >= 0.3 is 17.9 Å². The molecular formula is C54H105N7O6S3. The summed E-state index contributed by atoms with van der Waals surface area (Å²) >= 11 is 5.27. The van der Waals surface area contributed by atoms with Crippen molar-refractivity contribution < 1.29 is 28.6 Å². The summed E-state index contributed by atoms with van der Waals surface area (Å²) in [5, 5.41) is 0. The van der Waals surface area contributed by atoms with Crippen LogP contribution in [-0.4, -0.2) is 134 Å². The van der Waals surface area contributed by atoms with E-state index in [0.29, 0.717) is 76.2 Å². The zero-order valence-corrected chi connectivity index (χ0v) is 47.5. The maximum absolute atomic E-state index is 12.1. The van der Waals surface area contributed by atoms with Gasteiger partial charge in [0.05, 0.1) is 76.2 Å². The minimum absolute atomic E-state index is 0.101. The zero-order chi connectivity index (χ0) is 51.2. The number of ether oxygens (including phenoxy) is 3. The van der Waals surface area contributed by atoms with Crippen LogP contribution in [0.1, 0.15) is 213 Å². The van der Waals surface area contributed by atoms with E-state index in [1.165, 1.54) is 96.3 Å². The molecule has 70 heavy (non-hydrogen) atoms. The number of carbonyl (C=O) groups excluding carboxylic acids is 3. The number of hydrogen-bond acceptors (Lipinski definition) is 13. The van der Waals surface area contributed by atoms with Gasteiger partial charge in [-0.15, -0.1) is 0 Å². The maximum atomic E-state index is 12.1. The van der Waals surface area contributed by atoms with Crippen molar-refractivity contribution in [2.45, 2.75) is 213 Å². The second-order valence-corrected chi connectivity index (χ2v) is 22.1. The van der Waals surface area contributed by atoms with Crippen molar-refractivity contribution in [1.29, 1.82) is 0 Å². The van der Waals surface area contributed by atoms with Crippen molar-refractivity contribution in [2.75, 3.05) is 93.6 Å². The summed E-state index contributed by atoms with van der Waals surface area (Å²) in [7, 11) is 0. The molecule has 0 saturated carbocycles.